The molecule has 0 atom stereocenters. The average molecular weight is 284 g/mol. The van der Waals surface area contributed by atoms with Gasteiger partial charge in [0.25, 0.3) is 0 Å². The summed E-state index contributed by atoms with van der Waals surface area (Å²) < 4.78 is 46.5. The summed E-state index contributed by atoms with van der Waals surface area (Å²) in [6.07, 6.45) is 1.03. The molecule has 0 aromatic rings. The maximum Gasteiger partial charge on any atom is 0.164 e. The van der Waals surface area contributed by atoms with Gasteiger partial charge in [-0.05, 0) is 24.7 Å². The number of sulfone groups is 2. The van der Waals surface area contributed by atoms with E-state index >= 15 is 0 Å². The standard InChI is InChI=1S/C11H24O4S2/c1-10(2)5-7-16(12,13)9-17(14,15)8-6-11(3)4/h10-11H,5-9H2,1-4H3. The highest BCUT2D eigenvalue weighted by atomic mass is 32.3. The first-order chi connectivity index (χ1) is 7.54. The highest BCUT2D eigenvalue weighted by Crippen LogP contribution is 2.09. The van der Waals surface area contributed by atoms with Gasteiger partial charge in [-0.3, -0.25) is 0 Å². The van der Waals surface area contributed by atoms with Gasteiger partial charge in [0, 0.05) is 0 Å². The summed E-state index contributed by atoms with van der Waals surface area (Å²) in [5.74, 6) is 0.461. The van der Waals surface area contributed by atoms with Gasteiger partial charge in [0.15, 0.2) is 24.8 Å². The first-order valence-corrected chi connectivity index (χ1v) is 9.59. The van der Waals surface area contributed by atoms with Crippen molar-refractivity contribution < 1.29 is 16.8 Å². The zero-order chi connectivity index (χ0) is 13.7. The van der Waals surface area contributed by atoms with Crippen molar-refractivity contribution in [2.24, 2.45) is 11.8 Å². The highest BCUT2D eigenvalue weighted by Gasteiger charge is 2.22. The fourth-order valence-corrected chi connectivity index (χ4v) is 6.01. The van der Waals surface area contributed by atoms with Gasteiger partial charge in [-0.2, -0.15) is 0 Å². The lowest BCUT2D eigenvalue weighted by atomic mass is 10.2. The molecule has 0 aromatic heterocycles. The molecule has 0 unspecified atom stereocenters. The Kier molecular flexibility index (Phi) is 6.69. The second-order valence-electron chi connectivity index (χ2n) is 5.38. The molecule has 0 aliphatic rings. The zero-order valence-corrected chi connectivity index (χ0v) is 12.8. The monoisotopic (exact) mass is 284 g/mol. The van der Waals surface area contributed by atoms with E-state index in [0.717, 1.165) is 0 Å². The molecule has 0 saturated carbocycles. The molecule has 104 valence electrons. The zero-order valence-electron chi connectivity index (χ0n) is 11.1. The van der Waals surface area contributed by atoms with E-state index in [-0.39, 0.29) is 23.3 Å². The van der Waals surface area contributed by atoms with Crippen LogP contribution in [-0.4, -0.2) is 33.4 Å². The molecule has 0 saturated heterocycles. The molecule has 0 spiro atoms. The Balaban J connectivity index is 4.39. The Hall–Kier alpha value is -0.100. The van der Waals surface area contributed by atoms with Crippen molar-refractivity contribution >= 4 is 19.7 Å². The van der Waals surface area contributed by atoms with E-state index in [2.05, 4.69) is 0 Å². The maximum atomic E-state index is 11.6. The maximum absolute atomic E-state index is 11.6. The van der Waals surface area contributed by atoms with Gasteiger partial charge >= 0.3 is 0 Å². The third-order valence-electron chi connectivity index (χ3n) is 2.37. The van der Waals surface area contributed by atoms with Crippen molar-refractivity contribution in [2.75, 3.05) is 16.6 Å². The van der Waals surface area contributed by atoms with E-state index in [0.29, 0.717) is 12.8 Å². The quantitative estimate of drug-likeness (QED) is 0.682. The predicted octanol–water partition coefficient (Wildman–Crippen LogP) is 1.87. The molecule has 0 fully saturated rings. The van der Waals surface area contributed by atoms with Gasteiger partial charge in [0.1, 0.15) is 0 Å². The third-order valence-corrected chi connectivity index (χ3v) is 6.96. The number of hydrogen-bond donors (Lipinski definition) is 0. The summed E-state index contributed by atoms with van der Waals surface area (Å²) in [6, 6.07) is 0. The lowest BCUT2D eigenvalue weighted by Crippen LogP contribution is -2.22. The molecular formula is C11H24O4S2. The summed E-state index contributed by atoms with van der Waals surface area (Å²) >= 11 is 0. The summed E-state index contributed by atoms with van der Waals surface area (Å²) in [6.45, 7) is 7.68. The van der Waals surface area contributed by atoms with E-state index in [1.54, 1.807) is 0 Å². The molecule has 0 heterocycles. The predicted molar refractivity (Wildman–Crippen MR) is 71.4 cm³/mol. The minimum Gasteiger partial charge on any atom is -0.228 e. The van der Waals surface area contributed by atoms with Crippen molar-refractivity contribution in [3.8, 4) is 0 Å². The van der Waals surface area contributed by atoms with E-state index < -0.39 is 24.8 Å². The summed E-state index contributed by atoms with van der Waals surface area (Å²) in [5, 5.41) is -0.695. The van der Waals surface area contributed by atoms with Crippen LogP contribution in [-0.2, 0) is 19.7 Å². The Morgan fingerprint density at radius 2 is 1.00 bits per heavy atom. The van der Waals surface area contributed by atoms with E-state index in [1.165, 1.54) is 0 Å². The second kappa shape index (κ2) is 6.73. The molecule has 0 bridgehead atoms. The Labute approximate surface area is 106 Å². The van der Waals surface area contributed by atoms with Crippen LogP contribution in [0.3, 0.4) is 0 Å². The van der Waals surface area contributed by atoms with Crippen LogP contribution in [0.2, 0.25) is 0 Å². The van der Waals surface area contributed by atoms with Crippen LogP contribution in [0.15, 0.2) is 0 Å². The topological polar surface area (TPSA) is 68.3 Å². The Morgan fingerprint density at radius 1 is 0.706 bits per heavy atom. The molecule has 4 nitrogen and oxygen atoms in total. The minimum atomic E-state index is -3.47. The Bertz CT molecular complexity index is 365. The molecule has 0 aliphatic heterocycles. The average Bonchev–Trinajstić information content (AvgIpc) is 2.10. The molecule has 0 rings (SSSR count). The Morgan fingerprint density at radius 3 is 1.24 bits per heavy atom. The van der Waals surface area contributed by atoms with Crippen molar-refractivity contribution in [3.63, 3.8) is 0 Å². The first-order valence-electron chi connectivity index (χ1n) is 5.95. The van der Waals surface area contributed by atoms with Gasteiger partial charge < -0.3 is 0 Å². The first kappa shape index (κ1) is 16.9. The van der Waals surface area contributed by atoms with Crippen molar-refractivity contribution in [2.45, 2.75) is 40.5 Å². The van der Waals surface area contributed by atoms with Crippen LogP contribution in [0.4, 0.5) is 0 Å². The molecule has 0 N–H and O–H groups in total. The van der Waals surface area contributed by atoms with Crippen LogP contribution in [0.1, 0.15) is 40.5 Å². The lowest BCUT2D eigenvalue weighted by molar-refractivity contribution is 0.567. The highest BCUT2D eigenvalue weighted by molar-refractivity contribution is 8.08. The molecule has 0 radical (unpaired) electrons. The van der Waals surface area contributed by atoms with Crippen LogP contribution < -0.4 is 0 Å². The van der Waals surface area contributed by atoms with Crippen LogP contribution in [0, 0.1) is 11.8 Å². The van der Waals surface area contributed by atoms with Crippen molar-refractivity contribution in [1.82, 2.24) is 0 Å². The smallest absolute Gasteiger partial charge is 0.164 e. The lowest BCUT2D eigenvalue weighted by Gasteiger charge is -2.08. The molecule has 0 aromatic carbocycles. The summed E-state index contributed by atoms with van der Waals surface area (Å²) in [4.78, 5) is 0. The van der Waals surface area contributed by atoms with E-state index in [4.69, 9.17) is 0 Å². The van der Waals surface area contributed by atoms with Crippen LogP contribution in [0.25, 0.3) is 0 Å². The van der Waals surface area contributed by atoms with Crippen molar-refractivity contribution in [3.05, 3.63) is 0 Å². The van der Waals surface area contributed by atoms with Gasteiger partial charge in [-0.25, -0.2) is 16.8 Å². The molecule has 0 aliphatic carbocycles. The van der Waals surface area contributed by atoms with Gasteiger partial charge in [0.05, 0.1) is 11.5 Å². The SMILES string of the molecule is CC(C)CCS(=O)(=O)CS(=O)(=O)CCC(C)C. The van der Waals surface area contributed by atoms with Gasteiger partial charge in [-0.15, -0.1) is 0 Å². The van der Waals surface area contributed by atoms with Crippen LogP contribution in [0.5, 0.6) is 0 Å². The number of rotatable bonds is 8. The normalized spacial score (nSPS) is 13.5. The number of hydrogen-bond acceptors (Lipinski definition) is 4. The fourth-order valence-electron chi connectivity index (χ4n) is 1.22. The molecule has 6 heteroatoms. The van der Waals surface area contributed by atoms with Gasteiger partial charge in [0.2, 0.25) is 0 Å². The second-order valence-corrected chi connectivity index (χ2v) is 10.1. The van der Waals surface area contributed by atoms with Crippen LogP contribution >= 0.6 is 0 Å². The third kappa shape index (κ3) is 9.59. The summed E-state index contributed by atoms with van der Waals surface area (Å²) in [7, 11) is -6.94. The fraction of sp³-hybridized carbons (Fsp3) is 1.00. The molecule has 0 amide bonds. The summed E-state index contributed by atoms with van der Waals surface area (Å²) in [5.41, 5.74) is 0. The molecular weight excluding hydrogens is 260 g/mol. The van der Waals surface area contributed by atoms with Gasteiger partial charge in [-0.1, -0.05) is 27.7 Å². The largest absolute Gasteiger partial charge is 0.228 e. The van der Waals surface area contributed by atoms with E-state index in [9.17, 15) is 16.8 Å². The van der Waals surface area contributed by atoms with Crippen molar-refractivity contribution in [1.29, 1.82) is 0 Å². The molecule has 17 heavy (non-hydrogen) atoms. The minimum absolute atomic E-state index is 0.0361. The van der Waals surface area contributed by atoms with E-state index in [1.807, 2.05) is 27.7 Å².